The van der Waals surface area contributed by atoms with Crippen molar-refractivity contribution in [3.05, 3.63) is 34.9 Å². The highest BCUT2D eigenvalue weighted by Crippen LogP contribution is 2.60. The molecule has 2 saturated carbocycles. The lowest BCUT2D eigenvalue weighted by Crippen LogP contribution is -2.05. The molecule has 2 aliphatic rings. The summed E-state index contributed by atoms with van der Waals surface area (Å²) in [7, 11) is 0. The van der Waals surface area contributed by atoms with Crippen molar-refractivity contribution in [1.29, 1.82) is 0 Å². The van der Waals surface area contributed by atoms with Crippen molar-refractivity contribution in [3.8, 4) is 0 Å². The summed E-state index contributed by atoms with van der Waals surface area (Å²) in [6, 6.07) is 6.32. The zero-order valence-electron chi connectivity index (χ0n) is 10.8. The Balaban J connectivity index is 1.83. The van der Waals surface area contributed by atoms with Crippen LogP contribution in [0.5, 0.6) is 0 Å². The van der Waals surface area contributed by atoms with Crippen LogP contribution in [0.15, 0.2) is 18.2 Å². The van der Waals surface area contributed by atoms with Crippen LogP contribution in [0.2, 0.25) is 0 Å². The molecule has 0 radical (unpaired) electrons. The summed E-state index contributed by atoms with van der Waals surface area (Å²) in [6.07, 6.45) is 5.21. The molecule has 0 aliphatic heterocycles. The van der Waals surface area contributed by atoms with Gasteiger partial charge in [0, 0.05) is 0 Å². The SMILES string of the molecule is Cc1cccc(C(O)C2C3CCCCC32)c1C. The van der Waals surface area contributed by atoms with Crippen LogP contribution in [0.3, 0.4) is 0 Å². The lowest BCUT2D eigenvalue weighted by Gasteiger charge is -2.15. The maximum Gasteiger partial charge on any atom is 0.0826 e. The molecule has 1 heteroatoms. The molecule has 3 unspecified atom stereocenters. The van der Waals surface area contributed by atoms with E-state index in [1.165, 1.54) is 42.4 Å². The molecule has 1 aromatic rings. The second-order valence-corrected chi connectivity index (χ2v) is 5.92. The van der Waals surface area contributed by atoms with Gasteiger partial charge in [-0.15, -0.1) is 0 Å². The first kappa shape index (κ1) is 11.3. The van der Waals surface area contributed by atoms with Gasteiger partial charge in [-0.25, -0.2) is 0 Å². The highest BCUT2D eigenvalue weighted by Gasteiger charge is 2.54. The fourth-order valence-electron chi connectivity index (χ4n) is 3.82. The van der Waals surface area contributed by atoms with E-state index in [1.807, 2.05) is 0 Å². The van der Waals surface area contributed by atoms with Gasteiger partial charge in [-0.3, -0.25) is 0 Å². The van der Waals surface area contributed by atoms with Crippen LogP contribution in [0.1, 0.15) is 48.5 Å². The lowest BCUT2D eigenvalue weighted by molar-refractivity contribution is 0.141. The fraction of sp³-hybridized carbons (Fsp3) is 0.625. The van der Waals surface area contributed by atoms with E-state index in [1.54, 1.807) is 0 Å². The first-order chi connectivity index (χ1) is 8.20. The molecule has 0 aromatic heterocycles. The number of rotatable bonds is 2. The number of aliphatic hydroxyl groups is 1. The van der Waals surface area contributed by atoms with Crippen LogP contribution < -0.4 is 0 Å². The van der Waals surface area contributed by atoms with Gasteiger partial charge < -0.3 is 5.11 Å². The van der Waals surface area contributed by atoms with Crippen molar-refractivity contribution in [3.63, 3.8) is 0 Å². The molecule has 0 bridgehead atoms. The van der Waals surface area contributed by atoms with Gasteiger partial charge in [0.2, 0.25) is 0 Å². The minimum Gasteiger partial charge on any atom is -0.388 e. The van der Waals surface area contributed by atoms with Crippen LogP contribution in [0, 0.1) is 31.6 Å². The summed E-state index contributed by atoms with van der Waals surface area (Å²) in [6.45, 7) is 4.27. The lowest BCUT2D eigenvalue weighted by atomic mass is 9.95. The summed E-state index contributed by atoms with van der Waals surface area (Å²) in [5, 5.41) is 10.6. The topological polar surface area (TPSA) is 20.2 Å². The van der Waals surface area contributed by atoms with Crippen molar-refractivity contribution < 1.29 is 5.11 Å². The van der Waals surface area contributed by atoms with Gasteiger partial charge in [-0.1, -0.05) is 31.0 Å². The van der Waals surface area contributed by atoms with E-state index >= 15 is 0 Å². The van der Waals surface area contributed by atoms with Crippen molar-refractivity contribution in [2.75, 3.05) is 0 Å². The van der Waals surface area contributed by atoms with E-state index in [4.69, 9.17) is 0 Å². The van der Waals surface area contributed by atoms with Crippen LogP contribution in [-0.2, 0) is 0 Å². The predicted molar refractivity (Wildman–Crippen MR) is 69.8 cm³/mol. The third-order valence-corrected chi connectivity index (χ3v) is 5.05. The molecule has 1 aromatic carbocycles. The number of aliphatic hydroxyl groups excluding tert-OH is 1. The second kappa shape index (κ2) is 4.13. The monoisotopic (exact) mass is 230 g/mol. The van der Waals surface area contributed by atoms with E-state index in [-0.39, 0.29) is 6.10 Å². The molecule has 0 amide bonds. The Kier molecular flexibility index (Phi) is 2.74. The standard InChI is InChI=1S/C16H22O/c1-10-6-5-9-12(11(10)2)16(17)15-13-7-3-4-8-14(13)15/h5-6,9,13-17H,3-4,7-8H2,1-2H3. The molecular weight excluding hydrogens is 208 g/mol. The van der Waals surface area contributed by atoms with Gasteiger partial charge in [-0.2, -0.15) is 0 Å². The minimum atomic E-state index is -0.219. The average molecular weight is 230 g/mol. The van der Waals surface area contributed by atoms with Crippen LogP contribution in [0.4, 0.5) is 0 Å². The van der Waals surface area contributed by atoms with Crippen molar-refractivity contribution in [2.45, 2.75) is 45.6 Å². The fourth-order valence-corrected chi connectivity index (χ4v) is 3.82. The summed E-state index contributed by atoms with van der Waals surface area (Å²) in [5.74, 6) is 2.19. The predicted octanol–water partition coefficient (Wildman–Crippen LogP) is 3.77. The van der Waals surface area contributed by atoms with E-state index < -0.39 is 0 Å². The third kappa shape index (κ3) is 1.81. The molecular formula is C16H22O. The summed E-state index contributed by atoms with van der Waals surface area (Å²) in [4.78, 5) is 0. The van der Waals surface area contributed by atoms with Gasteiger partial charge in [0.1, 0.15) is 0 Å². The Morgan fingerprint density at radius 2 is 1.76 bits per heavy atom. The number of aryl methyl sites for hydroxylation is 1. The first-order valence-corrected chi connectivity index (χ1v) is 6.94. The molecule has 3 atom stereocenters. The number of hydrogen-bond acceptors (Lipinski definition) is 1. The highest BCUT2D eigenvalue weighted by atomic mass is 16.3. The molecule has 0 spiro atoms. The molecule has 2 fully saturated rings. The molecule has 1 N–H and O–H groups in total. The largest absolute Gasteiger partial charge is 0.388 e. The Labute approximate surface area is 104 Å². The zero-order valence-corrected chi connectivity index (χ0v) is 10.8. The molecule has 2 aliphatic carbocycles. The van der Waals surface area contributed by atoms with Crippen LogP contribution >= 0.6 is 0 Å². The van der Waals surface area contributed by atoms with Crippen molar-refractivity contribution in [2.24, 2.45) is 17.8 Å². The van der Waals surface area contributed by atoms with E-state index in [2.05, 4.69) is 32.0 Å². The van der Waals surface area contributed by atoms with Gasteiger partial charge in [0.05, 0.1) is 6.10 Å². The van der Waals surface area contributed by atoms with Gasteiger partial charge >= 0.3 is 0 Å². The maximum atomic E-state index is 10.6. The molecule has 1 nitrogen and oxygen atoms in total. The minimum absolute atomic E-state index is 0.219. The van der Waals surface area contributed by atoms with Gasteiger partial charge in [0.25, 0.3) is 0 Å². The van der Waals surface area contributed by atoms with E-state index in [0.29, 0.717) is 5.92 Å². The van der Waals surface area contributed by atoms with Crippen molar-refractivity contribution in [1.82, 2.24) is 0 Å². The smallest absolute Gasteiger partial charge is 0.0826 e. The number of fused-ring (bicyclic) bond motifs is 1. The summed E-state index contributed by atoms with van der Waals surface area (Å²) < 4.78 is 0. The first-order valence-electron chi connectivity index (χ1n) is 6.94. The maximum absolute atomic E-state index is 10.6. The molecule has 17 heavy (non-hydrogen) atoms. The molecule has 3 rings (SSSR count). The Morgan fingerprint density at radius 1 is 1.12 bits per heavy atom. The van der Waals surface area contributed by atoms with Crippen LogP contribution in [-0.4, -0.2) is 5.11 Å². The molecule has 0 heterocycles. The number of hydrogen-bond donors (Lipinski definition) is 1. The Hall–Kier alpha value is -0.820. The third-order valence-electron chi connectivity index (χ3n) is 5.05. The van der Waals surface area contributed by atoms with E-state index in [9.17, 15) is 5.11 Å². The zero-order chi connectivity index (χ0) is 12.0. The average Bonchev–Trinajstić information content (AvgIpc) is 3.06. The van der Waals surface area contributed by atoms with Gasteiger partial charge in [-0.05, 0) is 61.1 Å². The van der Waals surface area contributed by atoms with Crippen LogP contribution in [0.25, 0.3) is 0 Å². The Morgan fingerprint density at radius 3 is 2.41 bits per heavy atom. The molecule has 0 saturated heterocycles. The highest BCUT2D eigenvalue weighted by molar-refractivity contribution is 5.35. The quantitative estimate of drug-likeness (QED) is 0.820. The van der Waals surface area contributed by atoms with E-state index in [0.717, 1.165) is 11.8 Å². The molecule has 92 valence electrons. The van der Waals surface area contributed by atoms with Gasteiger partial charge in [0.15, 0.2) is 0 Å². The summed E-state index contributed by atoms with van der Waals surface area (Å²) >= 11 is 0. The Bertz CT molecular complexity index is 412. The normalized spacial score (nSPS) is 33.0. The second-order valence-electron chi connectivity index (χ2n) is 5.92. The summed E-state index contributed by atoms with van der Waals surface area (Å²) in [5.41, 5.74) is 3.75. The van der Waals surface area contributed by atoms with Crippen molar-refractivity contribution >= 4 is 0 Å². The number of benzene rings is 1.